The molecule has 1 saturated carbocycles. The third kappa shape index (κ3) is 3.33. The van der Waals surface area contributed by atoms with Gasteiger partial charge in [-0.25, -0.2) is 0 Å². The number of carbonyl (C=O) groups excluding carboxylic acids is 1. The Hall–Kier alpha value is -2.92. The Morgan fingerprint density at radius 3 is 2.77 bits per heavy atom. The van der Waals surface area contributed by atoms with Crippen LogP contribution in [0, 0.1) is 6.92 Å². The zero-order chi connectivity index (χ0) is 20.7. The quantitative estimate of drug-likeness (QED) is 0.685. The number of nitrogens with zero attached hydrogens (tertiary/aromatic N) is 2. The molecule has 2 heterocycles. The van der Waals surface area contributed by atoms with Crippen molar-refractivity contribution in [1.82, 2.24) is 15.6 Å². The van der Waals surface area contributed by atoms with Gasteiger partial charge in [0.15, 0.2) is 0 Å². The predicted octanol–water partition coefficient (Wildman–Crippen LogP) is 3.76. The van der Waals surface area contributed by atoms with Crippen LogP contribution in [0.4, 0.5) is 5.69 Å². The average Bonchev–Trinajstić information content (AvgIpc) is 3.38. The molecule has 1 unspecified atom stereocenters. The van der Waals surface area contributed by atoms with Gasteiger partial charge in [0.05, 0.1) is 11.1 Å². The first kappa shape index (κ1) is 19.1. The number of hydrogen-bond donors (Lipinski definition) is 2. The largest absolute Gasteiger partial charge is 0.370 e. The number of anilines is 1. The number of benzene rings is 2. The molecular weight excluding hydrogens is 372 g/mol. The van der Waals surface area contributed by atoms with Crippen molar-refractivity contribution in [3.05, 3.63) is 71.4 Å². The third-order valence-electron chi connectivity index (χ3n) is 6.69. The fraction of sp³-hybridized carbons (Fsp3) is 0.360. The monoisotopic (exact) mass is 400 g/mol. The maximum absolute atomic E-state index is 13.4. The van der Waals surface area contributed by atoms with E-state index in [2.05, 4.69) is 50.8 Å². The van der Waals surface area contributed by atoms with Crippen molar-refractivity contribution in [3.63, 3.8) is 0 Å². The molecule has 154 valence electrons. The van der Waals surface area contributed by atoms with Crippen molar-refractivity contribution in [1.29, 1.82) is 0 Å². The summed E-state index contributed by atoms with van der Waals surface area (Å²) in [5, 5.41) is 7.86. The van der Waals surface area contributed by atoms with Gasteiger partial charge in [-0.1, -0.05) is 24.3 Å². The van der Waals surface area contributed by atoms with Gasteiger partial charge in [-0.3, -0.25) is 9.78 Å². The Kier molecular flexibility index (Phi) is 4.70. The van der Waals surface area contributed by atoms with E-state index in [1.165, 1.54) is 5.56 Å². The van der Waals surface area contributed by atoms with E-state index in [0.717, 1.165) is 60.1 Å². The SMILES string of the molecule is CNC1CCN(c2ccc(C)c(C(=O)NC3(c4ccnc5ccccc45)CC3)c2)C1. The minimum absolute atomic E-state index is 0.0112. The molecule has 5 nitrogen and oxygen atoms in total. The molecule has 2 fully saturated rings. The lowest BCUT2D eigenvalue weighted by Gasteiger charge is -2.23. The number of para-hydroxylation sites is 1. The summed E-state index contributed by atoms with van der Waals surface area (Å²) in [6.45, 7) is 4.01. The standard InChI is InChI=1S/C25H28N4O/c1-17-7-8-19(29-14-10-18(16-29)26-2)15-21(17)24(30)28-25(11-12-25)22-9-13-27-23-6-4-3-5-20(22)23/h3-9,13,15,18,26H,10-12,14,16H2,1-2H3,(H,28,30). The van der Waals surface area contributed by atoms with Gasteiger partial charge in [0.25, 0.3) is 5.91 Å². The van der Waals surface area contributed by atoms with E-state index < -0.39 is 0 Å². The highest BCUT2D eigenvalue weighted by molar-refractivity contribution is 5.98. The summed E-state index contributed by atoms with van der Waals surface area (Å²) in [7, 11) is 2.01. The number of aromatic nitrogens is 1. The Morgan fingerprint density at radius 2 is 2.00 bits per heavy atom. The van der Waals surface area contributed by atoms with Crippen LogP contribution in [0.2, 0.25) is 0 Å². The van der Waals surface area contributed by atoms with E-state index in [1.54, 1.807) is 0 Å². The first-order chi connectivity index (χ1) is 14.6. The molecule has 1 aliphatic heterocycles. The smallest absolute Gasteiger partial charge is 0.252 e. The molecule has 0 radical (unpaired) electrons. The van der Waals surface area contributed by atoms with Gasteiger partial charge in [-0.2, -0.15) is 0 Å². The summed E-state index contributed by atoms with van der Waals surface area (Å²) in [5.41, 5.74) is 4.77. The van der Waals surface area contributed by atoms with Crippen LogP contribution in [0.1, 0.15) is 40.7 Å². The third-order valence-corrected chi connectivity index (χ3v) is 6.69. The first-order valence-electron chi connectivity index (χ1n) is 10.8. The summed E-state index contributed by atoms with van der Waals surface area (Å²) in [5.74, 6) is 0.0112. The van der Waals surface area contributed by atoms with Crippen molar-refractivity contribution >= 4 is 22.5 Å². The molecule has 1 aliphatic carbocycles. The fourth-order valence-corrected chi connectivity index (χ4v) is 4.67. The van der Waals surface area contributed by atoms with E-state index in [4.69, 9.17) is 0 Å². The zero-order valence-corrected chi connectivity index (χ0v) is 17.6. The van der Waals surface area contributed by atoms with Crippen LogP contribution in [0.15, 0.2) is 54.7 Å². The van der Waals surface area contributed by atoms with Crippen LogP contribution >= 0.6 is 0 Å². The Balaban J connectivity index is 1.42. The number of carbonyl (C=O) groups is 1. The van der Waals surface area contributed by atoms with Crippen LogP contribution in [-0.4, -0.2) is 37.1 Å². The van der Waals surface area contributed by atoms with E-state index in [9.17, 15) is 4.79 Å². The molecule has 2 N–H and O–H groups in total. The van der Waals surface area contributed by atoms with Crippen LogP contribution in [0.25, 0.3) is 10.9 Å². The van der Waals surface area contributed by atoms with Crippen molar-refractivity contribution in [2.45, 2.75) is 37.8 Å². The molecule has 1 aromatic heterocycles. The number of pyridine rings is 1. The Morgan fingerprint density at radius 1 is 1.17 bits per heavy atom. The van der Waals surface area contributed by atoms with Crippen LogP contribution < -0.4 is 15.5 Å². The highest BCUT2D eigenvalue weighted by atomic mass is 16.1. The van der Waals surface area contributed by atoms with Crippen LogP contribution in [-0.2, 0) is 5.54 Å². The summed E-state index contributed by atoms with van der Waals surface area (Å²) in [6.07, 6.45) is 4.90. The molecular formula is C25H28N4O. The molecule has 3 aromatic rings. The lowest BCUT2D eigenvalue weighted by atomic mass is 9.99. The van der Waals surface area contributed by atoms with E-state index >= 15 is 0 Å². The van der Waals surface area contributed by atoms with Gasteiger partial charge in [-0.05, 0) is 68.6 Å². The molecule has 0 bridgehead atoms. The molecule has 1 saturated heterocycles. The zero-order valence-electron chi connectivity index (χ0n) is 17.6. The molecule has 5 rings (SSSR count). The van der Waals surface area contributed by atoms with Gasteiger partial charge in [-0.15, -0.1) is 0 Å². The molecule has 30 heavy (non-hydrogen) atoms. The average molecular weight is 401 g/mol. The van der Waals surface area contributed by atoms with Gasteiger partial charge in [0, 0.05) is 42.0 Å². The van der Waals surface area contributed by atoms with E-state index in [1.807, 2.05) is 38.4 Å². The number of fused-ring (bicyclic) bond motifs is 1. The molecule has 5 heteroatoms. The number of hydrogen-bond acceptors (Lipinski definition) is 4. The number of nitrogens with one attached hydrogen (secondary N) is 2. The highest BCUT2D eigenvalue weighted by Gasteiger charge is 2.47. The van der Waals surface area contributed by atoms with E-state index in [-0.39, 0.29) is 11.4 Å². The van der Waals surface area contributed by atoms with Crippen molar-refractivity contribution in [2.75, 3.05) is 25.0 Å². The molecule has 2 aromatic carbocycles. The van der Waals surface area contributed by atoms with Crippen molar-refractivity contribution in [3.8, 4) is 0 Å². The maximum Gasteiger partial charge on any atom is 0.252 e. The van der Waals surface area contributed by atoms with Gasteiger partial charge in [0.2, 0.25) is 0 Å². The summed E-state index contributed by atoms with van der Waals surface area (Å²) in [4.78, 5) is 20.2. The van der Waals surface area contributed by atoms with Crippen LogP contribution in [0.5, 0.6) is 0 Å². The summed E-state index contributed by atoms with van der Waals surface area (Å²) < 4.78 is 0. The number of likely N-dealkylation sites (N-methyl/N-ethyl adjacent to an activating group) is 1. The lowest BCUT2D eigenvalue weighted by molar-refractivity contribution is 0.0930. The molecule has 1 atom stereocenters. The Labute approximate surface area is 177 Å². The molecule has 1 amide bonds. The van der Waals surface area contributed by atoms with Gasteiger partial charge < -0.3 is 15.5 Å². The summed E-state index contributed by atoms with van der Waals surface area (Å²) in [6, 6.07) is 17.0. The van der Waals surface area contributed by atoms with Crippen molar-refractivity contribution in [2.24, 2.45) is 0 Å². The normalized spacial score (nSPS) is 19.8. The summed E-state index contributed by atoms with van der Waals surface area (Å²) >= 11 is 0. The minimum Gasteiger partial charge on any atom is -0.370 e. The first-order valence-corrected chi connectivity index (χ1v) is 10.8. The Bertz CT molecular complexity index is 1100. The number of aryl methyl sites for hydroxylation is 1. The molecule has 0 spiro atoms. The lowest BCUT2D eigenvalue weighted by Crippen LogP contribution is -2.35. The van der Waals surface area contributed by atoms with Crippen molar-refractivity contribution < 1.29 is 4.79 Å². The number of rotatable bonds is 5. The van der Waals surface area contributed by atoms with E-state index in [0.29, 0.717) is 6.04 Å². The topological polar surface area (TPSA) is 57.3 Å². The fourth-order valence-electron chi connectivity index (χ4n) is 4.67. The van der Waals surface area contributed by atoms with Gasteiger partial charge >= 0.3 is 0 Å². The second-order valence-corrected chi connectivity index (χ2v) is 8.63. The van der Waals surface area contributed by atoms with Crippen LogP contribution in [0.3, 0.4) is 0 Å². The molecule has 2 aliphatic rings. The maximum atomic E-state index is 13.4. The highest BCUT2D eigenvalue weighted by Crippen LogP contribution is 2.47. The minimum atomic E-state index is -0.285. The number of amides is 1. The van der Waals surface area contributed by atoms with Gasteiger partial charge in [0.1, 0.15) is 0 Å². The second kappa shape index (κ2) is 7.40. The predicted molar refractivity (Wildman–Crippen MR) is 121 cm³/mol. The second-order valence-electron chi connectivity index (χ2n) is 8.63.